The number of ether oxygens (including phenoxy) is 1. The summed E-state index contributed by atoms with van der Waals surface area (Å²) in [6.07, 6.45) is 9.18. The summed E-state index contributed by atoms with van der Waals surface area (Å²) in [4.78, 5) is 0. The molecule has 0 heterocycles. The summed E-state index contributed by atoms with van der Waals surface area (Å²) in [5.41, 5.74) is 3.17. The molecule has 230 valence electrons. The zero-order valence-electron chi connectivity index (χ0n) is 26.1. The van der Waals surface area contributed by atoms with Crippen molar-refractivity contribution in [1.29, 1.82) is 0 Å². The Hall–Kier alpha value is -2.20. The molecule has 5 nitrogen and oxygen atoms in total. The van der Waals surface area contributed by atoms with Crippen LogP contribution in [0.1, 0.15) is 91.0 Å². The number of allylic oxidation sites excluding steroid dienone is 3. The molecule has 42 heavy (non-hydrogen) atoms. The van der Waals surface area contributed by atoms with Crippen molar-refractivity contribution in [2.45, 2.75) is 122 Å². The largest absolute Gasteiger partial charge is 0.393 e. The highest BCUT2D eigenvalue weighted by molar-refractivity contribution is 5.38. The van der Waals surface area contributed by atoms with E-state index in [2.05, 4.69) is 56.6 Å². The van der Waals surface area contributed by atoms with Crippen molar-refractivity contribution in [2.75, 3.05) is 0 Å². The first kappa shape index (κ1) is 32.7. The van der Waals surface area contributed by atoms with Gasteiger partial charge in [0.2, 0.25) is 0 Å². The van der Waals surface area contributed by atoms with E-state index < -0.39 is 23.9 Å². The first-order valence-electron chi connectivity index (χ1n) is 16.0. The lowest BCUT2D eigenvalue weighted by atomic mass is 9.60. The molecule has 0 radical (unpaired) electrons. The number of hydrogen-bond acceptors (Lipinski definition) is 5. The van der Waals surface area contributed by atoms with Crippen LogP contribution in [0.4, 0.5) is 0 Å². The molecular formula is C37H52O5. The molecule has 0 amide bonds. The van der Waals surface area contributed by atoms with Crippen LogP contribution in [0.15, 0.2) is 65.8 Å². The van der Waals surface area contributed by atoms with E-state index in [1.165, 1.54) is 12.0 Å². The fourth-order valence-corrected chi connectivity index (χ4v) is 7.78. The van der Waals surface area contributed by atoms with Crippen molar-refractivity contribution in [3.8, 4) is 11.8 Å². The molecule has 3 aliphatic carbocycles. The van der Waals surface area contributed by atoms with E-state index >= 15 is 0 Å². The minimum absolute atomic E-state index is 0.129. The Morgan fingerprint density at radius 1 is 1.17 bits per heavy atom. The molecule has 0 aromatic heterocycles. The van der Waals surface area contributed by atoms with Crippen molar-refractivity contribution in [2.24, 2.45) is 23.2 Å². The van der Waals surface area contributed by atoms with E-state index in [1.54, 1.807) is 6.92 Å². The van der Waals surface area contributed by atoms with E-state index in [-0.39, 0.29) is 23.9 Å². The SMILES string of the molecule is C=C1/C(=C/C=C2/CCC[C@@]3(C)C2CCC3[C@@H](C)C(C#CCC(O)(CC)C(C)O)OCc2ccccc2)C[C@@H](O)C[C@@H]1O. The lowest BCUT2D eigenvalue weighted by molar-refractivity contribution is -0.0647. The Morgan fingerprint density at radius 2 is 1.90 bits per heavy atom. The van der Waals surface area contributed by atoms with Crippen LogP contribution in [0.25, 0.3) is 0 Å². The standard InChI is InChI=1S/C37H52O5/c1-6-37(41,27(4)38)21-11-15-35(42-24-28-12-8-7-9-13-28)26(3)32-18-19-33-29(14-10-20-36(32,33)5)16-17-30-22-31(39)23-34(40)25(30)2/h7-9,12-13,16-17,26-27,31-35,38-41H,2,6,10,14,18-24H2,1,3-5H3/b29-16-,30-17+/t26-,27?,31-,32?,33?,34+,35?,36-,37?/m1/s1. The van der Waals surface area contributed by atoms with Crippen LogP contribution in [0.2, 0.25) is 0 Å². The third kappa shape index (κ3) is 7.29. The highest BCUT2D eigenvalue weighted by Gasteiger charge is 2.52. The van der Waals surface area contributed by atoms with Gasteiger partial charge < -0.3 is 25.2 Å². The van der Waals surface area contributed by atoms with Crippen LogP contribution < -0.4 is 0 Å². The van der Waals surface area contributed by atoms with Gasteiger partial charge >= 0.3 is 0 Å². The summed E-state index contributed by atoms with van der Waals surface area (Å²) in [6, 6.07) is 10.2. The maximum absolute atomic E-state index is 10.8. The van der Waals surface area contributed by atoms with E-state index in [0.29, 0.717) is 37.7 Å². The van der Waals surface area contributed by atoms with Crippen molar-refractivity contribution in [3.63, 3.8) is 0 Å². The second kappa shape index (κ2) is 14.1. The molecule has 3 aliphatic rings. The highest BCUT2D eigenvalue weighted by Crippen LogP contribution is 2.60. The van der Waals surface area contributed by atoms with Gasteiger partial charge in [0, 0.05) is 12.8 Å². The Labute approximate surface area is 253 Å². The van der Waals surface area contributed by atoms with Crippen LogP contribution in [0.3, 0.4) is 0 Å². The second-order valence-electron chi connectivity index (χ2n) is 13.4. The monoisotopic (exact) mass is 576 g/mol. The third-order valence-electron chi connectivity index (χ3n) is 10.7. The zero-order chi connectivity index (χ0) is 30.5. The summed E-state index contributed by atoms with van der Waals surface area (Å²) in [5, 5.41) is 41.5. The second-order valence-corrected chi connectivity index (χ2v) is 13.4. The highest BCUT2D eigenvalue weighted by atomic mass is 16.5. The number of rotatable bonds is 9. The minimum Gasteiger partial charge on any atom is -0.393 e. The van der Waals surface area contributed by atoms with Crippen molar-refractivity contribution in [1.82, 2.24) is 0 Å². The lowest BCUT2D eigenvalue weighted by Crippen LogP contribution is -2.40. The normalized spacial score (nSPS) is 33.4. The molecule has 9 atom stereocenters. The van der Waals surface area contributed by atoms with Gasteiger partial charge in [0.1, 0.15) is 11.7 Å². The van der Waals surface area contributed by atoms with Crippen LogP contribution >= 0.6 is 0 Å². The number of aliphatic hydroxyl groups is 4. The molecule has 0 saturated heterocycles. The fraction of sp³-hybridized carbons (Fsp3) is 0.622. The molecule has 4 N–H and O–H groups in total. The third-order valence-corrected chi connectivity index (χ3v) is 10.7. The van der Waals surface area contributed by atoms with Gasteiger partial charge in [0.15, 0.2) is 0 Å². The molecule has 1 aromatic carbocycles. The first-order valence-corrected chi connectivity index (χ1v) is 16.0. The number of fused-ring (bicyclic) bond motifs is 1. The van der Waals surface area contributed by atoms with Gasteiger partial charge in [0.25, 0.3) is 0 Å². The van der Waals surface area contributed by atoms with Gasteiger partial charge in [-0.3, -0.25) is 0 Å². The predicted octanol–water partition coefficient (Wildman–Crippen LogP) is 6.26. The zero-order valence-corrected chi connectivity index (χ0v) is 26.1. The average Bonchev–Trinajstić information content (AvgIpc) is 3.33. The molecule has 4 rings (SSSR count). The summed E-state index contributed by atoms with van der Waals surface area (Å²) in [6.45, 7) is 12.8. The maximum atomic E-state index is 10.8. The van der Waals surface area contributed by atoms with Crippen LogP contribution in [-0.2, 0) is 11.3 Å². The number of hydrogen-bond donors (Lipinski definition) is 4. The summed E-state index contributed by atoms with van der Waals surface area (Å²) < 4.78 is 6.52. The molecule has 5 unspecified atom stereocenters. The molecule has 3 fully saturated rings. The molecule has 3 saturated carbocycles. The van der Waals surface area contributed by atoms with Gasteiger partial charge in [-0.1, -0.05) is 87.2 Å². The van der Waals surface area contributed by atoms with E-state index in [9.17, 15) is 20.4 Å². The van der Waals surface area contributed by atoms with Crippen LogP contribution in [0, 0.1) is 35.0 Å². The summed E-state index contributed by atoms with van der Waals surface area (Å²) in [7, 11) is 0. The van der Waals surface area contributed by atoms with Gasteiger partial charge in [-0.2, -0.15) is 0 Å². The first-order chi connectivity index (χ1) is 20.0. The molecular weight excluding hydrogens is 524 g/mol. The van der Waals surface area contributed by atoms with Crippen molar-refractivity contribution in [3.05, 3.63) is 71.3 Å². The Bertz CT molecular complexity index is 1190. The maximum Gasteiger partial charge on any atom is 0.121 e. The smallest absolute Gasteiger partial charge is 0.121 e. The van der Waals surface area contributed by atoms with Crippen LogP contribution in [-0.4, -0.2) is 50.4 Å². The van der Waals surface area contributed by atoms with E-state index in [0.717, 1.165) is 42.4 Å². The van der Waals surface area contributed by atoms with Gasteiger partial charge in [-0.25, -0.2) is 0 Å². The molecule has 0 bridgehead atoms. The number of aliphatic hydroxyl groups excluding tert-OH is 3. The molecule has 5 heteroatoms. The van der Waals surface area contributed by atoms with Gasteiger partial charge in [0.05, 0.1) is 24.9 Å². The lowest BCUT2D eigenvalue weighted by Gasteiger charge is -2.45. The minimum atomic E-state index is -1.22. The van der Waals surface area contributed by atoms with Crippen molar-refractivity contribution >= 4 is 0 Å². The Balaban J connectivity index is 1.55. The van der Waals surface area contributed by atoms with Crippen LogP contribution in [0.5, 0.6) is 0 Å². The summed E-state index contributed by atoms with van der Waals surface area (Å²) in [5.74, 6) is 7.70. The summed E-state index contributed by atoms with van der Waals surface area (Å²) >= 11 is 0. The van der Waals surface area contributed by atoms with Gasteiger partial charge in [-0.15, -0.1) is 0 Å². The average molecular weight is 577 g/mol. The fourth-order valence-electron chi connectivity index (χ4n) is 7.78. The Kier molecular flexibility index (Phi) is 10.9. The molecule has 0 spiro atoms. The molecule has 1 aromatic rings. The molecule has 0 aliphatic heterocycles. The van der Waals surface area contributed by atoms with Gasteiger partial charge in [-0.05, 0) is 91.7 Å². The Morgan fingerprint density at radius 3 is 2.60 bits per heavy atom. The predicted molar refractivity (Wildman–Crippen MR) is 168 cm³/mol. The quantitative estimate of drug-likeness (QED) is 0.261. The van der Waals surface area contributed by atoms with E-state index in [4.69, 9.17) is 4.74 Å². The number of benzene rings is 1. The topological polar surface area (TPSA) is 90.2 Å². The van der Waals surface area contributed by atoms with Crippen molar-refractivity contribution < 1.29 is 25.2 Å². The van der Waals surface area contributed by atoms with E-state index in [1.807, 2.05) is 25.1 Å².